The fourth-order valence-electron chi connectivity index (χ4n) is 2.03. The van der Waals surface area contributed by atoms with Gasteiger partial charge in [0.1, 0.15) is 11.9 Å². The summed E-state index contributed by atoms with van der Waals surface area (Å²) in [4.78, 5) is 4.39. The second kappa shape index (κ2) is 5.38. The normalized spacial score (nSPS) is 19.3. The Kier molecular flexibility index (Phi) is 3.43. The molecule has 0 bridgehead atoms. The van der Waals surface area contributed by atoms with E-state index in [1.165, 1.54) is 0 Å². The number of nitrogens with one attached hydrogen (secondary N) is 1. The van der Waals surface area contributed by atoms with Crippen molar-refractivity contribution in [3.05, 3.63) is 30.2 Å². The van der Waals surface area contributed by atoms with Crippen LogP contribution in [0.4, 0.5) is 0 Å². The van der Waals surface area contributed by atoms with Gasteiger partial charge >= 0.3 is 0 Å². The first-order valence-corrected chi connectivity index (χ1v) is 6.18. The molecule has 2 aromatic rings. The zero-order chi connectivity index (χ0) is 13.1. The summed E-state index contributed by atoms with van der Waals surface area (Å²) in [7, 11) is 1.62. The van der Waals surface area contributed by atoms with Crippen LogP contribution < -0.4 is 10.1 Å². The first kappa shape index (κ1) is 12.1. The molecule has 0 unspecified atom stereocenters. The fourth-order valence-corrected chi connectivity index (χ4v) is 2.03. The standard InChI is InChI=1S/C13H15N3O3/c1-17-10-5-3-2-4-9(10)12-15-13(19-16-12)11-8-14-6-7-18-11/h2-5,11,14H,6-8H2,1H3/t11-/m1/s1. The lowest BCUT2D eigenvalue weighted by atomic mass is 10.2. The van der Waals surface area contributed by atoms with E-state index in [9.17, 15) is 0 Å². The van der Waals surface area contributed by atoms with E-state index in [1.807, 2.05) is 24.3 Å². The molecule has 1 fully saturated rings. The average Bonchev–Trinajstić information content (AvgIpc) is 2.98. The van der Waals surface area contributed by atoms with Crippen LogP contribution in [0, 0.1) is 0 Å². The average molecular weight is 261 g/mol. The first-order valence-electron chi connectivity index (χ1n) is 6.18. The summed E-state index contributed by atoms with van der Waals surface area (Å²) < 4.78 is 16.1. The largest absolute Gasteiger partial charge is 0.496 e. The van der Waals surface area contributed by atoms with Crippen LogP contribution in [0.2, 0.25) is 0 Å². The molecule has 6 nitrogen and oxygen atoms in total. The van der Waals surface area contributed by atoms with E-state index >= 15 is 0 Å². The molecular weight excluding hydrogens is 246 g/mol. The van der Waals surface area contributed by atoms with Gasteiger partial charge in [-0.25, -0.2) is 0 Å². The van der Waals surface area contributed by atoms with Crippen LogP contribution in [0.15, 0.2) is 28.8 Å². The monoisotopic (exact) mass is 261 g/mol. The maximum Gasteiger partial charge on any atom is 0.257 e. The van der Waals surface area contributed by atoms with Crippen molar-refractivity contribution in [1.82, 2.24) is 15.5 Å². The van der Waals surface area contributed by atoms with E-state index in [-0.39, 0.29) is 6.10 Å². The van der Waals surface area contributed by atoms with Crippen molar-refractivity contribution in [1.29, 1.82) is 0 Å². The van der Waals surface area contributed by atoms with Crippen LogP contribution in [0.3, 0.4) is 0 Å². The Morgan fingerprint density at radius 3 is 3.05 bits per heavy atom. The summed E-state index contributed by atoms with van der Waals surface area (Å²) in [6, 6.07) is 7.57. The highest BCUT2D eigenvalue weighted by Crippen LogP contribution is 2.28. The Labute approximate surface area is 110 Å². The predicted molar refractivity (Wildman–Crippen MR) is 67.8 cm³/mol. The molecule has 0 aliphatic carbocycles. The zero-order valence-electron chi connectivity index (χ0n) is 10.6. The van der Waals surface area contributed by atoms with Crippen molar-refractivity contribution in [2.45, 2.75) is 6.10 Å². The Morgan fingerprint density at radius 2 is 2.26 bits per heavy atom. The van der Waals surface area contributed by atoms with Crippen LogP contribution in [-0.4, -0.2) is 36.9 Å². The molecule has 6 heteroatoms. The third kappa shape index (κ3) is 2.45. The highest BCUT2D eigenvalue weighted by atomic mass is 16.5. The lowest BCUT2D eigenvalue weighted by Crippen LogP contribution is -2.33. The van der Waals surface area contributed by atoms with Gasteiger partial charge in [-0.2, -0.15) is 4.98 Å². The van der Waals surface area contributed by atoms with Crippen molar-refractivity contribution in [3.8, 4) is 17.1 Å². The molecular formula is C13H15N3O3. The topological polar surface area (TPSA) is 69.4 Å². The second-order valence-electron chi connectivity index (χ2n) is 4.22. The van der Waals surface area contributed by atoms with Crippen molar-refractivity contribution < 1.29 is 14.0 Å². The van der Waals surface area contributed by atoms with Crippen molar-refractivity contribution in [3.63, 3.8) is 0 Å². The number of nitrogens with zero attached hydrogens (tertiary/aromatic N) is 2. The van der Waals surface area contributed by atoms with Crippen molar-refractivity contribution in [2.75, 3.05) is 26.8 Å². The second-order valence-corrected chi connectivity index (χ2v) is 4.22. The predicted octanol–water partition coefficient (Wildman–Crippen LogP) is 1.41. The summed E-state index contributed by atoms with van der Waals surface area (Å²) in [6.45, 7) is 2.19. The molecule has 1 saturated heterocycles. The van der Waals surface area contributed by atoms with Crippen LogP contribution in [0.1, 0.15) is 12.0 Å². The molecule has 1 aromatic heterocycles. The molecule has 1 aliphatic rings. The van der Waals surface area contributed by atoms with Gasteiger partial charge in [-0.1, -0.05) is 17.3 Å². The molecule has 2 heterocycles. The number of morpholine rings is 1. The van der Waals surface area contributed by atoms with Gasteiger partial charge in [0.25, 0.3) is 5.89 Å². The summed E-state index contributed by atoms with van der Waals surface area (Å²) >= 11 is 0. The first-order chi connectivity index (χ1) is 9.38. The van der Waals surface area contributed by atoms with E-state index in [0.29, 0.717) is 24.9 Å². The van der Waals surface area contributed by atoms with Gasteiger partial charge in [0.05, 0.1) is 19.3 Å². The van der Waals surface area contributed by atoms with E-state index in [2.05, 4.69) is 15.5 Å². The lowest BCUT2D eigenvalue weighted by molar-refractivity contribution is 0.00755. The number of benzene rings is 1. The maximum absolute atomic E-state index is 5.58. The SMILES string of the molecule is COc1ccccc1-c1noc([C@H]2CNCCO2)n1. The molecule has 0 amide bonds. The minimum absolute atomic E-state index is 0.176. The van der Waals surface area contributed by atoms with Gasteiger partial charge in [-0.15, -0.1) is 0 Å². The van der Waals surface area contributed by atoms with E-state index in [0.717, 1.165) is 17.9 Å². The molecule has 1 aromatic carbocycles. The molecule has 19 heavy (non-hydrogen) atoms. The molecule has 1 N–H and O–H groups in total. The third-order valence-electron chi connectivity index (χ3n) is 2.99. The summed E-state index contributed by atoms with van der Waals surface area (Å²) in [5.74, 6) is 1.73. The lowest BCUT2D eigenvalue weighted by Gasteiger charge is -2.19. The smallest absolute Gasteiger partial charge is 0.257 e. The quantitative estimate of drug-likeness (QED) is 0.900. The third-order valence-corrected chi connectivity index (χ3v) is 2.99. The van der Waals surface area contributed by atoms with Gasteiger partial charge < -0.3 is 19.3 Å². The summed E-state index contributed by atoms with van der Waals surface area (Å²) in [6.07, 6.45) is -0.176. The number of aromatic nitrogens is 2. The van der Waals surface area contributed by atoms with Crippen molar-refractivity contribution in [2.24, 2.45) is 0 Å². The molecule has 0 spiro atoms. The van der Waals surface area contributed by atoms with Crippen LogP contribution in [0.5, 0.6) is 5.75 Å². The summed E-state index contributed by atoms with van der Waals surface area (Å²) in [5, 5.41) is 7.22. The minimum atomic E-state index is -0.176. The maximum atomic E-state index is 5.58. The number of ether oxygens (including phenoxy) is 2. The highest BCUT2D eigenvalue weighted by molar-refractivity contribution is 5.63. The van der Waals surface area contributed by atoms with Gasteiger partial charge in [0, 0.05) is 13.1 Å². The minimum Gasteiger partial charge on any atom is -0.496 e. The fraction of sp³-hybridized carbons (Fsp3) is 0.385. The Bertz CT molecular complexity index is 550. The molecule has 0 radical (unpaired) electrons. The summed E-state index contributed by atoms with van der Waals surface area (Å²) in [5.41, 5.74) is 0.809. The number of methoxy groups -OCH3 is 1. The Morgan fingerprint density at radius 1 is 1.37 bits per heavy atom. The van der Waals surface area contributed by atoms with E-state index < -0.39 is 0 Å². The van der Waals surface area contributed by atoms with Gasteiger partial charge in [0.15, 0.2) is 0 Å². The molecule has 1 aliphatic heterocycles. The number of para-hydroxylation sites is 1. The van der Waals surface area contributed by atoms with E-state index in [4.69, 9.17) is 14.0 Å². The van der Waals surface area contributed by atoms with E-state index in [1.54, 1.807) is 7.11 Å². The molecule has 1 atom stereocenters. The van der Waals surface area contributed by atoms with Crippen molar-refractivity contribution >= 4 is 0 Å². The Balaban J connectivity index is 1.88. The number of hydrogen-bond donors (Lipinski definition) is 1. The van der Waals surface area contributed by atoms with Crippen LogP contribution >= 0.6 is 0 Å². The Hall–Kier alpha value is -1.92. The highest BCUT2D eigenvalue weighted by Gasteiger charge is 2.23. The molecule has 0 saturated carbocycles. The zero-order valence-corrected chi connectivity index (χ0v) is 10.6. The van der Waals surface area contributed by atoms with Gasteiger partial charge in [-0.3, -0.25) is 0 Å². The van der Waals surface area contributed by atoms with Crippen LogP contribution in [0.25, 0.3) is 11.4 Å². The molecule has 100 valence electrons. The van der Waals surface area contributed by atoms with Gasteiger partial charge in [0.2, 0.25) is 5.82 Å². The van der Waals surface area contributed by atoms with Gasteiger partial charge in [-0.05, 0) is 12.1 Å². The van der Waals surface area contributed by atoms with Crippen LogP contribution in [-0.2, 0) is 4.74 Å². The molecule has 3 rings (SSSR count). The number of rotatable bonds is 3. The number of hydrogen-bond acceptors (Lipinski definition) is 6.